The largest absolute Gasteiger partial charge is 0.470 e. The summed E-state index contributed by atoms with van der Waals surface area (Å²) in [7, 11) is -4.95. The Morgan fingerprint density at radius 2 is 1.86 bits per heavy atom. The van der Waals surface area contributed by atoms with E-state index in [4.69, 9.17) is 25.1 Å². The van der Waals surface area contributed by atoms with Crippen molar-refractivity contribution in [2.24, 2.45) is 0 Å². The van der Waals surface area contributed by atoms with Crippen LogP contribution in [-0.2, 0) is 13.9 Å². The van der Waals surface area contributed by atoms with Crippen molar-refractivity contribution < 1.29 is 39.0 Å². The van der Waals surface area contributed by atoms with Gasteiger partial charge in [0.25, 0.3) is 0 Å². The van der Waals surface area contributed by atoms with Crippen LogP contribution in [0.1, 0.15) is 0 Å². The lowest BCUT2D eigenvalue weighted by atomic mass is 10.1. The molecule has 0 heterocycles. The van der Waals surface area contributed by atoms with E-state index in [2.05, 4.69) is 4.52 Å². The molecular weight excluding hydrogens is 219 g/mol. The number of phosphoric ester groups is 1. The molecule has 0 aromatic heterocycles. The van der Waals surface area contributed by atoms with E-state index in [-0.39, 0.29) is 6.29 Å². The fourth-order valence-electron chi connectivity index (χ4n) is 0.700. The van der Waals surface area contributed by atoms with Gasteiger partial charge in [-0.15, -0.1) is 0 Å². The molecule has 8 nitrogen and oxygen atoms in total. The maximum Gasteiger partial charge on any atom is 0.470 e. The number of aliphatic hydroxyl groups excluding tert-OH is 3. The first kappa shape index (κ1) is 13.7. The van der Waals surface area contributed by atoms with Gasteiger partial charge in [0, 0.05) is 0 Å². The molecule has 14 heavy (non-hydrogen) atoms. The van der Waals surface area contributed by atoms with Crippen molar-refractivity contribution in [2.75, 3.05) is 6.61 Å². The van der Waals surface area contributed by atoms with Gasteiger partial charge in [-0.25, -0.2) is 4.57 Å². The Morgan fingerprint density at radius 3 is 2.14 bits per heavy atom. The zero-order chi connectivity index (χ0) is 11.4. The second-order valence-corrected chi connectivity index (χ2v) is 3.63. The van der Waals surface area contributed by atoms with E-state index in [9.17, 15) is 9.36 Å². The fourth-order valence-corrected chi connectivity index (χ4v) is 1.28. The second-order valence-electron chi connectivity index (χ2n) is 2.44. The summed E-state index contributed by atoms with van der Waals surface area (Å²) >= 11 is 0. The summed E-state index contributed by atoms with van der Waals surface area (Å²) < 4.78 is 14.3. The Morgan fingerprint density at radius 1 is 1.36 bits per heavy atom. The number of phosphoric acid groups is 1. The molecule has 0 aliphatic carbocycles. The molecule has 0 rings (SSSR count). The van der Waals surface area contributed by atoms with Gasteiger partial charge in [-0.05, 0) is 0 Å². The highest BCUT2D eigenvalue weighted by molar-refractivity contribution is 7.46. The molecule has 0 aliphatic heterocycles. The summed E-state index contributed by atoms with van der Waals surface area (Å²) in [6, 6.07) is 0. The van der Waals surface area contributed by atoms with Crippen LogP contribution in [0.4, 0.5) is 0 Å². The zero-order valence-corrected chi connectivity index (χ0v) is 7.82. The first-order chi connectivity index (χ1) is 6.31. The van der Waals surface area contributed by atoms with Gasteiger partial charge >= 0.3 is 7.82 Å². The highest BCUT2D eigenvalue weighted by atomic mass is 31.2. The third-order valence-corrected chi connectivity index (χ3v) is 1.82. The number of aldehydes is 1. The smallest absolute Gasteiger partial charge is 0.394 e. The first-order valence-corrected chi connectivity index (χ1v) is 5.01. The Kier molecular flexibility index (Phi) is 5.38. The van der Waals surface area contributed by atoms with Crippen LogP contribution >= 0.6 is 7.82 Å². The highest BCUT2D eigenvalue weighted by Gasteiger charge is 2.33. The highest BCUT2D eigenvalue weighted by Crippen LogP contribution is 2.38. The van der Waals surface area contributed by atoms with Gasteiger partial charge in [-0.1, -0.05) is 0 Å². The number of carbonyl (C=O) groups is 1. The van der Waals surface area contributed by atoms with Crippen molar-refractivity contribution in [3.63, 3.8) is 0 Å². The standard InChI is InChI=1S/C5H11O8P/c6-1-3(8)5(4(9)2-7)13-14(10,11)12/h1,3-5,7-9H,2H2,(H2,10,11,12)/t3-,4+,5+/m0/s1. The molecule has 0 spiro atoms. The molecule has 0 fully saturated rings. The summed E-state index contributed by atoms with van der Waals surface area (Å²) in [5, 5.41) is 26.3. The molecule has 9 heteroatoms. The molecule has 0 saturated heterocycles. The van der Waals surface area contributed by atoms with Gasteiger partial charge in [0.15, 0.2) is 6.29 Å². The molecule has 0 radical (unpaired) electrons. The van der Waals surface area contributed by atoms with Crippen molar-refractivity contribution in [1.82, 2.24) is 0 Å². The summed E-state index contributed by atoms with van der Waals surface area (Å²) in [5.74, 6) is 0. The van der Waals surface area contributed by atoms with Crippen LogP contribution in [0.5, 0.6) is 0 Å². The number of rotatable bonds is 6. The average Bonchev–Trinajstić information content (AvgIpc) is 2.10. The van der Waals surface area contributed by atoms with Gasteiger partial charge in [-0.3, -0.25) is 4.52 Å². The van der Waals surface area contributed by atoms with Crippen LogP contribution < -0.4 is 0 Å². The zero-order valence-electron chi connectivity index (χ0n) is 6.92. The van der Waals surface area contributed by atoms with Crippen molar-refractivity contribution in [3.05, 3.63) is 0 Å². The van der Waals surface area contributed by atoms with E-state index in [1.807, 2.05) is 0 Å². The number of hydrogen-bond donors (Lipinski definition) is 5. The summed E-state index contributed by atoms with van der Waals surface area (Å²) in [5.41, 5.74) is 0. The normalized spacial score (nSPS) is 18.6. The van der Waals surface area contributed by atoms with Crippen LogP contribution in [0.2, 0.25) is 0 Å². The van der Waals surface area contributed by atoms with Gasteiger partial charge < -0.3 is 29.9 Å². The van der Waals surface area contributed by atoms with E-state index < -0.39 is 32.7 Å². The SMILES string of the molecule is O=C[C@H](O)[C@@H](OP(=O)(O)O)[C@H](O)CO. The minimum atomic E-state index is -4.95. The average molecular weight is 230 g/mol. The van der Waals surface area contributed by atoms with E-state index in [0.717, 1.165) is 0 Å². The Balaban J connectivity index is 4.56. The molecule has 0 bridgehead atoms. The Labute approximate surface area is 79.0 Å². The molecule has 0 amide bonds. The predicted octanol–water partition coefficient (Wildman–Crippen LogP) is -2.62. The van der Waals surface area contributed by atoms with Crippen molar-refractivity contribution in [1.29, 1.82) is 0 Å². The molecule has 0 unspecified atom stereocenters. The van der Waals surface area contributed by atoms with E-state index in [1.165, 1.54) is 0 Å². The van der Waals surface area contributed by atoms with Gasteiger partial charge in [0.05, 0.1) is 6.61 Å². The van der Waals surface area contributed by atoms with Crippen molar-refractivity contribution in [2.45, 2.75) is 18.3 Å². The monoisotopic (exact) mass is 230 g/mol. The number of hydrogen-bond acceptors (Lipinski definition) is 6. The van der Waals surface area contributed by atoms with Crippen LogP contribution in [0, 0.1) is 0 Å². The summed E-state index contributed by atoms with van der Waals surface area (Å²) in [6.45, 7) is -0.907. The maximum absolute atomic E-state index is 10.3. The van der Waals surface area contributed by atoms with Crippen molar-refractivity contribution >= 4 is 14.1 Å². The quantitative estimate of drug-likeness (QED) is 0.246. The lowest BCUT2D eigenvalue weighted by molar-refractivity contribution is -0.126. The topological polar surface area (TPSA) is 145 Å². The van der Waals surface area contributed by atoms with Crippen LogP contribution in [0.15, 0.2) is 0 Å². The minimum absolute atomic E-state index is 0.0702. The molecule has 0 aliphatic rings. The predicted molar refractivity (Wildman–Crippen MR) is 42.1 cm³/mol. The third kappa shape index (κ3) is 4.77. The van der Waals surface area contributed by atoms with Crippen LogP contribution in [0.25, 0.3) is 0 Å². The first-order valence-electron chi connectivity index (χ1n) is 3.48. The van der Waals surface area contributed by atoms with E-state index in [0.29, 0.717) is 0 Å². The minimum Gasteiger partial charge on any atom is -0.394 e. The van der Waals surface area contributed by atoms with Crippen LogP contribution in [0.3, 0.4) is 0 Å². The lowest BCUT2D eigenvalue weighted by Crippen LogP contribution is -2.41. The van der Waals surface area contributed by atoms with Gasteiger partial charge in [0.2, 0.25) is 0 Å². The lowest BCUT2D eigenvalue weighted by Gasteiger charge is -2.23. The van der Waals surface area contributed by atoms with Crippen molar-refractivity contribution in [3.8, 4) is 0 Å². The molecule has 0 aromatic rings. The van der Waals surface area contributed by atoms with Gasteiger partial charge in [-0.2, -0.15) is 0 Å². The number of aliphatic hydroxyl groups is 3. The maximum atomic E-state index is 10.3. The summed E-state index contributed by atoms with van der Waals surface area (Å²) in [6.07, 6.45) is -5.62. The molecule has 3 atom stereocenters. The summed E-state index contributed by atoms with van der Waals surface area (Å²) in [4.78, 5) is 26.8. The van der Waals surface area contributed by atoms with Crippen LogP contribution in [-0.4, -0.2) is 56.3 Å². The number of carbonyl (C=O) groups excluding carboxylic acids is 1. The molecule has 0 aromatic carbocycles. The van der Waals surface area contributed by atoms with E-state index in [1.54, 1.807) is 0 Å². The second kappa shape index (κ2) is 5.52. The molecule has 84 valence electrons. The Bertz CT molecular complexity index is 224. The molecular formula is C5H11O8P. The van der Waals surface area contributed by atoms with Gasteiger partial charge in [0.1, 0.15) is 18.3 Å². The van der Waals surface area contributed by atoms with E-state index >= 15 is 0 Å². The third-order valence-electron chi connectivity index (χ3n) is 1.30. The molecule has 5 N–H and O–H groups in total. The molecule has 0 saturated carbocycles. The fraction of sp³-hybridized carbons (Fsp3) is 0.800. The Hall–Kier alpha value is -0.340.